The highest BCUT2D eigenvalue weighted by Gasteiger charge is 2.30. The average Bonchev–Trinajstić information content (AvgIpc) is 2.51. The van der Waals surface area contributed by atoms with Gasteiger partial charge in [0.05, 0.1) is 12.0 Å². The summed E-state index contributed by atoms with van der Waals surface area (Å²) in [4.78, 5) is 26.9. The number of rotatable bonds is 8. The molecule has 24 heavy (non-hydrogen) atoms. The number of hydrogen-bond acceptors (Lipinski definition) is 4. The minimum absolute atomic E-state index is 0.106. The first-order valence-electron chi connectivity index (χ1n) is 7.18. The molecule has 0 radical (unpaired) electrons. The van der Waals surface area contributed by atoms with E-state index in [-0.39, 0.29) is 19.0 Å². The maximum absolute atomic E-state index is 12.4. The molecule has 0 unspecified atom stereocenters. The van der Waals surface area contributed by atoms with Gasteiger partial charge in [-0.2, -0.15) is 13.2 Å². The van der Waals surface area contributed by atoms with Crippen molar-refractivity contribution in [3.63, 3.8) is 0 Å². The number of anilines is 1. The smallest absolute Gasteiger partial charge is 0.417 e. The highest BCUT2D eigenvalue weighted by Crippen LogP contribution is 2.28. The molecule has 0 spiro atoms. The Bertz CT molecular complexity index is 549. The summed E-state index contributed by atoms with van der Waals surface area (Å²) < 4.78 is 37.1. The van der Waals surface area contributed by atoms with Gasteiger partial charge in [0.2, 0.25) is 0 Å². The third kappa shape index (κ3) is 7.16. The summed E-state index contributed by atoms with van der Waals surface area (Å²) in [5, 5.41) is 14.0. The van der Waals surface area contributed by atoms with Gasteiger partial charge >= 0.3 is 18.2 Å². The predicted octanol–water partition coefficient (Wildman–Crippen LogP) is 2.02. The van der Waals surface area contributed by atoms with Crippen LogP contribution in [0.5, 0.6) is 0 Å². The van der Waals surface area contributed by atoms with Crippen LogP contribution in [0.1, 0.15) is 18.4 Å². The highest BCUT2D eigenvalue weighted by atomic mass is 19.4. The molecule has 0 aromatic carbocycles. The lowest BCUT2D eigenvalue weighted by Gasteiger charge is -2.16. The largest absolute Gasteiger partial charge is 0.481 e. The minimum Gasteiger partial charge on any atom is -0.481 e. The maximum atomic E-state index is 12.4. The molecule has 1 heterocycles. The molecule has 1 aromatic heterocycles. The molecule has 0 aliphatic heterocycles. The third-order valence-electron chi connectivity index (χ3n) is 3.03. The monoisotopic (exact) mass is 348 g/mol. The number of carbonyl (C=O) groups is 2. The Kier molecular flexibility index (Phi) is 7.28. The fourth-order valence-electron chi connectivity index (χ4n) is 1.67. The lowest BCUT2D eigenvalue weighted by molar-refractivity contribution is -0.138. The topological polar surface area (TPSA) is 94.6 Å². The van der Waals surface area contributed by atoms with Gasteiger partial charge in [0.1, 0.15) is 5.82 Å². The van der Waals surface area contributed by atoms with Crippen LogP contribution in [0, 0.1) is 0 Å². The molecule has 0 bridgehead atoms. The molecule has 1 rings (SSSR count). The number of halogens is 3. The highest BCUT2D eigenvalue weighted by molar-refractivity contribution is 5.74. The van der Waals surface area contributed by atoms with E-state index in [1.165, 1.54) is 18.0 Å². The minimum atomic E-state index is -4.41. The molecule has 1 aromatic rings. The first-order chi connectivity index (χ1) is 11.2. The second-order valence-electron chi connectivity index (χ2n) is 5.01. The summed E-state index contributed by atoms with van der Waals surface area (Å²) in [7, 11) is 1.49. The summed E-state index contributed by atoms with van der Waals surface area (Å²) in [5.41, 5.74) is -0.815. The number of alkyl halides is 3. The summed E-state index contributed by atoms with van der Waals surface area (Å²) >= 11 is 0. The Morgan fingerprint density at radius 2 is 2.00 bits per heavy atom. The normalized spacial score (nSPS) is 11.0. The molecule has 0 atom stereocenters. The molecular weight excluding hydrogens is 329 g/mol. The van der Waals surface area contributed by atoms with Gasteiger partial charge in [-0.05, 0) is 18.6 Å². The van der Waals surface area contributed by atoms with Gasteiger partial charge in [0, 0.05) is 32.9 Å². The van der Waals surface area contributed by atoms with Crippen LogP contribution in [-0.4, -0.2) is 53.7 Å². The SMILES string of the molecule is CN(CCC(=O)O)C(=O)NCCCNc1ccc(C(F)(F)F)cn1. The number of nitrogens with zero attached hydrogens (tertiary/aromatic N) is 2. The number of pyridine rings is 1. The fraction of sp³-hybridized carbons (Fsp3) is 0.500. The van der Waals surface area contributed by atoms with Gasteiger partial charge in [0.15, 0.2) is 0 Å². The number of carboxylic acid groups (broad SMARTS) is 1. The van der Waals surface area contributed by atoms with Gasteiger partial charge < -0.3 is 20.6 Å². The van der Waals surface area contributed by atoms with Crippen molar-refractivity contribution in [2.45, 2.75) is 19.0 Å². The number of carboxylic acids is 1. The second-order valence-corrected chi connectivity index (χ2v) is 5.01. The molecule has 0 aliphatic rings. The first-order valence-corrected chi connectivity index (χ1v) is 7.18. The Hall–Kier alpha value is -2.52. The second kappa shape index (κ2) is 8.94. The van der Waals surface area contributed by atoms with Crippen molar-refractivity contribution >= 4 is 17.8 Å². The molecule has 2 amide bonds. The van der Waals surface area contributed by atoms with Crippen molar-refractivity contribution in [1.29, 1.82) is 0 Å². The quantitative estimate of drug-likeness (QED) is 0.625. The van der Waals surface area contributed by atoms with Gasteiger partial charge in [-0.15, -0.1) is 0 Å². The van der Waals surface area contributed by atoms with E-state index in [0.717, 1.165) is 12.3 Å². The third-order valence-corrected chi connectivity index (χ3v) is 3.03. The number of hydrogen-bond donors (Lipinski definition) is 3. The van der Waals surface area contributed by atoms with Gasteiger partial charge in [-0.1, -0.05) is 0 Å². The number of amides is 2. The Morgan fingerprint density at radius 3 is 2.54 bits per heavy atom. The fourth-order valence-corrected chi connectivity index (χ4v) is 1.67. The molecule has 0 fully saturated rings. The standard InChI is InChI=1S/C14H19F3N4O3/c1-21(8-5-12(22)23)13(24)19-7-2-6-18-11-4-3-10(9-20-11)14(15,16)17/h3-4,9H,2,5-8H2,1H3,(H,18,20)(H,19,24)(H,22,23). The molecule has 134 valence electrons. The van der Waals surface area contributed by atoms with E-state index < -0.39 is 17.7 Å². The molecule has 10 heteroatoms. The summed E-state index contributed by atoms with van der Waals surface area (Å²) in [6.07, 6.45) is -3.27. The van der Waals surface area contributed by atoms with Gasteiger partial charge in [-0.25, -0.2) is 9.78 Å². The van der Waals surface area contributed by atoms with E-state index in [4.69, 9.17) is 5.11 Å². The lowest BCUT2D eigenvalue weighted by atomic mass is 10.3. The lowest BCUT2D eigenvalue weighted by Crippen LogP contribution is -2.39. The maximum Gasteiger partial charge on any atom is 0.417 e. The van der Waals surface area contributed by atoms with Crippen LogP contribution in [0.3, 0.4) is 0 Å². The van der Waals surface area contributed by atoms with Crippen molar-refractivity contribution in [2.24, 2.45) is 0 Å². The molecule has 3 N–H and O–H groups in total. The molecule has 0 saturated heterocycles. The number of carbonyl (C=O) groups excluding carboxylic acids is 1. The van der Waals surface area contributed by atoms with E-state index in [1.807, 2.05) is 0 Å². The van der Waals surface area contributed by atoms with Gasteiger partial charge in [-0.3, -0.25) is 4.79 Å². The van der Waals surface area contributed by atoms with Crippen LogP contribution in [0.25, 0.3) is 0 Å². The Balaban J connectivity index is 2.22. The van der Waals surface area contributed by atoms with Crippen LogP contribution >= 0.6 is 0 Å². The van der Waals surface area contributed by atoms with E-state index in [9.17, 15) is 22.8 Å². The molecule has 7 nitrogen and oxygen atoms in total. The van der Waals surface area contributed by atoms with Crippen LogP contribution in [0.4, 0.5) is 23.8 Å². The summed E-state index contributed by atoms with van der Waals surface area (Å²) in [6, 6.07) is 1.79. The Labute approximate surface area is 136 Å². The molecular formula is C14H19F3N4O3. The van der Waals surface area contributed by atoms with Gasteiger partial charge in [0.25, 0.3) is 0 Å². The predicted molar refractivity (Wildman–Crippen MR) is 80.6 cm³/mol. The Morgan fingerprint density at radius 1 is 1.29 bits per heavy atom. The van der Waals surface area contributed by atoms with E-state index in [0.29, 0.717) is 25.3 Å². The zero-order valence-corrected chi connectivity index (χ0v) is 13.1. The number of urea groups is 1. The zero-order chi connectivity index (χ0) is 18.2. The number of nitrogens with one attached hydrogen (secondary N) is 2. The number of aromatic nitrogens is 1. The van der Waals surface area contributed by atoms with Crippen LogP contribution < -0.4 is 10.6 Å². The van der Waals surface area contributed by atoms with Crippen molar-refractivity contribution < 1.29 is 27.9 Å². The first kappa shape index (κ1) is 19.5. The van der Waals surface area contributed by atoms with Crippen molar-refractivity contribution in [1.82, 2.24) is 15.2 Å². The summed E-state index contributed by atoms with van der Waals surface area (Å²) in [6.45, 7) is 0.857. The summed E-state index contributed by atoms with van der Waals surface area (Å²) in [5.74, 6) is -0.671. The molecule has 0 aliphatic carbocycles. The van der Waals surface area contributed by atoms with Crippen molar-refractivity contribution in [2.75, 3.05) is 32.0 Å². The van der Waals surface area contributed by atoms with Crippen LogP contribution in [0.2, 0.25) is 0 Å². The molecule has 0 saturated carbocycles. The van der Waals surface area contributed by atoms with Crippen LogP contribution in [-0.2, 0) is 11.0 Å². The van der Waals surface area contributed by atoms with E-state index in [2.05, 4.69) is 15.6 Å². The average molecular weight is 348 g/mol. The zero-order valence-electron chi connectivity index (χ0n) is 13.1. The van der Waals surface area contributed by atoms with Crippen molar-refractivity contribution in [3.05, 3.63) is 23.9 Å². The van der Waals surface area contributed by atoms with E-state index >= 15 is 0 Å². The van der Waals surface area contributed by atoms with Crippen LogP contribution in [0.15, 0.2) is 18.3 Å². The van der Waals surface area contributed by atoms with E-state index in [1.54, 1.807) is 0 Å². The van der Waals surface area contributed by atoms with Crippen molar-refractivity contribution in [3.8, 4) is 0 Å². The number of aliphatic carboxylic acids is 1.